The van der Waals surface area contributed by atoms with Crippen LogP contribution in [0.15, 0.2) is 16.7 Å². The Labute approximate surface area is 105 Å². The summed E-state index contributed by atoms with van der Waals surface area (Å²) in [7, 11) is 1.79. The summed E-state index contributed by atoms with van der Waals surface area (Å²) in [5, 5.41) is 3.48. The number of aryl methyl sites for hydroxylation is 1. The highest BCUT2D eigenvalue weighted by Crippen LogP contribution is 2.28. The number of ether oxygens (including phenoxy) is 1. The average Bonchev–Trinajstić information content (AvgIpc) is 2.73. The molecular weight excluding hydrogens is 268 g/mol. The number of hydrogen-bond donors (Lipinski definition) is 1. The van der Waals surface area contributed by atoms with Crippen LogP contribution < -0.4 is 5.32 Å². The molecule has 1 N–H and O–H groups in total. The van der Waals surface area contributed by atoms with Gasteiger partial charge in [-0.05, 0) is 53.7 Å². The van der Waals surface area contributed by atoms with Crippen LogP contribution in [0.25, 0.3) is 0 Å². The molecule has 1 aliphatic rings. The van der Waals surface area contributed by atoms with Crippen molar-refractivity contribution in [1.29, 1.82) is 0 Å². The van der Waals surface area contributed by atoms with E-state index >= 15 is 0 Å². The van der Waals surface area contributed by atoms with Gasteiger partial charge in [-0.1, -0.05) is 0 Å². The highest BCUT2D eigenvalue weighted by Gasteiger charge is 2.24. The minimum absolute atomic E-state index is 0.404. The van der Waals surface area contributed by atoms with Crippen LogP contribution in [-0.4, -0.2) is 24.2 Å². The molecule has 0 saturated heterocycles. The third kappa shape index (κ3) is 2.55. The van der Waals surface area contributed by atoms with Gasteiger partial charge in [0, 0.05) is 19.3 Å². The second-order valence-corrected chi connectivity index (χ2v) is 5.10. The Balaban J connectivity index is 2.02. The van der Waals surface area contributed by atoms with E-state index in [9.17, 15) is 0 Å². The van der Waals surface area contributed by atoms with Crippen LogP contribution in [0.3, 0.4) is 0 Å². The van der Waals surface area contributed by atoms with Crippen molar-refractivity contribution in [2.24, 2.45) is 0 Å². The van der Waals surface area contributed by atoms with Crippen LogP contribution in [-0.2, 0) is 4.74 Å². The number of methoxy groups -OCH3 is 1. The summed E-state index contributed by atoms with van der Waals surface area (Å²) in [5.41, 5.74) is 1.21. The molecule has 1 aliphatic carbocycles. The average molecular weight is 285 g/mol. The maximum Gasteiger partial charge on any atom is 0.140 e. The SMILES string of the molecule is COC1CCC(Nc2nccc(C)c2Br)C1. The lowest BCUT2D eigenvalue weighted by Crippen LogP contribution is -2.18. The number of rotatable bonds is 3. The summed E-state index contributed by atoms with van der Waals surface area (Å²) in [6, 6.07) is 2.48. The molecule has 88 valence electrons. The van der Waals surface area contributed by atoms with Gasteiger partial charge >= 0.3 is 0 Å². The van der Waals surface area contributed by atoms with Gasteiger partial charge in [0.05, 0.1) is 10.6 Å². The van der Waals surface area contributed by atoms with E-state index in [4.69, 9.17) is 4.74 Å². The zero-order chi connectivity index (χ0) is 11.5. The van der Waals surface area contributed by atoms with Crippen LogP contribution in [0.5, 0.6) is 0 Å². The van der Waals surface area contributed by atoms with E-state index in [1.807, 2.05) is 12.3 Å². The highest BCUT2D eigenvalue weighted by atomic mass is 79.9. The molecule has 1 saturated carbocycles. The first-order chi connectivity index (χ1) is 7.70. The Kier molecular flexibility index (Phi) is 3.82. The number of halogens is 1. The largest absolute Gasteiger partial charge is 0.381 e. The molecule has 4 heteroatoms. The van der Waals surface area contributed by atoms with E-state index in [-0.39, 0.29) is 0 Å². The van der Waals surface area contributed by atoms with Gasteiger partial charge in [0.25, 0.3) is 0 Å². The van der Waals surface area contributed by atoms with E-state index in [2.05, 4.69) is 33.2 Å². The van der Waals surface area contributed by atoms with Crippen LogP contribution >= 0.6 is 15.9 Å². The normalized spacial score (nSPS) is 24.7. The van der Waals surface area contributed by atoms with E-state index in [0.717, 1.165) is 29.6 Å². The highest BCUT2D eigenvalue weighted by molar-refractivity contribution is 9.10. The van der Waals surface area contributed by atoms with Crippen LogP contribution in [0.4, 0.5) is 5.82 Å². The van der Waals surface area contributed by atoms with Gasteiger partial charge in [-0.2, -0.15) is 0 Å². The van der Waals surface area contributed by atoms with Crippen LogP contribution in [0.1, 0.15) is 24.8 Å². The van der Waals surface area contributed by atoms with Crippen LogP contribution in [0.2, 0.25) is 0 Å². The van der Waals surface area contributed by atoms with Gasteiger partial charge in [0.1, 0.15) is 5.82 Å². The van der Waals surface area contributed by atoms with E-state index in [1.54, 1.807) is 7.11 Å². The molecular formula is C12H17BrN2O. The smallest absolute Gasteiger partial charge is 0.140 e. The molecule has 0 spiro atoms. The minimum Gasteiger partial charge on any atom is -0.381 e. The topological polar surface area (TPSA) is 34.1 Å². The molecule has 1 heterocycles. The second-order valence-electron chi connectivity index (χ2n) is 4.30. The number of aromatic nitrogens is 1. The van der Waals surface area contributed by atoms with Gasteiger partial charge in [-0.3, -0.25) is 0 Å². The van der Waals surface area contributed by atoms with E-state index in [0.29, 0.717) is 12.1 Å². The van der Waals surface area contributed by atoms with Crippen molar-refractivity contribution >= 4 is 21.7 Å². The molecule has 16 heavy (non-hydrogen) atoms. The predicted molar refractivity (Wildman–Crippen MR) is 68.7 cm³/mol. The van der Waals surface area contributed by atoms with E-state index in [1.165, 1.54) is 5.56 Å². The molecule has 3 nitrogen and oxygen atoms in total. The summed E-state index contributed by atoms with van der Waals surface area (Å²) in [6.07, 6.45) is 5.60. The number of nitrogens with one attached hydrogen (secondary N) is 1. The Hall–Kier alpha value is -0.610. The van der Waals surface area contributed by atoms with Gasteiger partial charge in [0.15, 0.2) is 0 Å². The van der Waals surface area contributed by atoms with Gasteiger partial charge < -0.3 is 10.1 Å². The molecule has 0 amide bonds. The fourth-order valence-electron chi connectivity index (χ4n) is 2.12. The molecule has 0 radical (unpaired) electrons. The maximum absolute atomic E-state index is 5.36. The predicted octanol–water partition coefficient (Wildman–Crippen LogP) is 3.13. The molecule has 0 aromatic carbocycles. The lowest BCUT2D eigenvalue weighted by atomic mass is 10.2. The maximum atomic E-state index is 5.36. The molecule has 1 fully saturated rings. The third-order valence-electron chi connectivity index (χ3n) is 3.14. The first kappa shape index (κ1) is 11.9. The Morgan fingerprint density at radius 1 is 1.50 bits per heavy atom. The minimum atomic E-state index is 0.404. The second kappa shape index (κ2) is 5.15. The van der Waals surface area contributed by atoms with Crippen molar-refractivity contribution in [2.75, 3.05) is 12.4 Å². The molecule has 0 bridgehead atoms. The van der Waals surface area contributed by atoms with Gasteiger partial charge in [-0.25, -0.2) is 4.98 Å². The summed E-state index contributed by atoms with van der Waals surface area (Å²) in [5.74, 6) is 0.946. The summed E-state index contributed by atoms with van der Waals surface area (Å²) < 4.78 is 6.43. The van der Waals surface area contributed by atoms with Gasteiger partial charge in [-0.15, -0.1) is 0 Å². The van der Waals surface area contributed by atoms with Crippen molar-refractivity contribution in [1.82, 2.24) is 4.98 Å². The van der Waals surface area contributed by atoms with Crippen molar-refractivity contribution in [3.05, 3.63) is 22.3 Å². The lowest BCUT2D eigenvalue weighted by Gasteiger charge is -2.15. The zero-order valence-electron chi connectivity index (χ0n) is 9.66. The zero-order valence-corrected chi connectivity index (χ0v) is 11.3. The van der Waals surface area contributed by atoms with Crippen molar-refractivity contribution in [3.63, 3.8) is 0 Å². The van der Waals surface area contributed by atoms with Crippen molar-refractivity contribution in [3.8, 4) is 0 Å². The fraction of sp³-hybridized carbons (Fsp3) is 0.583. The van der Waals surface area contributed by atoms with Crippen molar-refractivity contribution in [2.45, 2.75) is 38.3 Å². The van der Waals surface area contributed by atoms with Crippen LogP contribution in [0, 0.1) is 6.92 Å². The quantitative estimate of drug-likeness (QED) is 0.926. The molecule has 2 atom stereocenters. The monoisotopic (exact) mass is 284 g/mol. The summed E-state index contributed by atoms with van der Waals surface area (Å²) >= 11 is 3.56. The first-order valence-corrected chi connectivity index (χ1v) is 6.40. The van der Waals surface area contributed by atoms with Gasteiger partial charge in [0.2, 0.25) is 0 Å². The fourth-order valence-corrected chi connectivity index (χ4v) is 2.47. The molecule has 2 unspecified atom stereocenters. The Morgan fingerprint density at radius 3 is 3.00 bits per heavy atom. The number of nitrogens with zero attached hydrogens (tertiary/aromatic N) is 1. The first-order valence-electron chi connectivity index (χ1n) is 5.61. The van der Waals surface area contributed by atoms with E-state index < -0.39 is 0 Å². The third-order valence-corrected chi connectivity index (χ3v) is 4.14. The summed E-state index contributed by atoms with van der Waals surface area (Å²) in [6.45, 7) is 2.07. The Bertz CT molecular complexity index is 370. The molecule has 0 aliphatic heterocycles. The standard InChI is InChI=1S/C12H17BrN2O/c1-8-5-6-14-12(11(8)13)15-9-3-4-10(7-9)16-2/h5-6,9-10H,3-4,7H2,1-2H3,(H,14,15). The summed E-state index contributed by atoms with van der Waals surface area (Å²) in [4.78, 5) is 4.35. The molecule has 2 rings (SSSR count). The molecule has 1 aromatic heterocycles. The molecule has 1 aromatic rings. The van der Waals surface area contributed by atoms with Crippen molar-refractivity contribution < 1.29 is 4.74 Å². The Morgan fingerprint density at radius 2 is 2.31 bits per heavy atom. The lowest BCUT2D eigenvalue weighted by molar-refractivity contribution is 0.108. The number of hydrogen-bond acceptors (Lipinski definition) is 3. The number of anilines is 1. The number of pyridine rings is 1.